The normalized spacial score (nSPS) is 23.4. The minimum Gasteiger partial charge on any atom is -0.456 e. The Morgan fingerprint density at radius 1 is 1.22 bits per heavy atom. The molecule has 27 heavy (non-hydrogen) atoms. The molecule has 0 aliphatic carbocycles. The monoisotopic (exact) mass is 371 g/mol. The number of carbonyl (C=O) groups is 2. The van der Waals surface area contributed by atoms with Crippen LogP contribution in [0.5, 0.6) is 0 Å². The van der Waals surface area contributed by atoms with Gasteiger partial charge in [-0.2, -0.15) is 0 Å². The lowest BCUT2D eigenvalue weighted by molar-refractivity contribution is -0.123. The van der Waals surface area contributed by atoms with Crippen LogP contribution in [0.2, 0.25) is 0 Å². The number of benzene rings is 1. The number of carbonyl (C=O) groups excluding carboxylic acids is 2. The van der Waals surface area contributed by atoms with Crippen molar-refractivity contribution in [2.45, 2.75) is 18.9 Å². The van der Waals surface area contributed by atoms with Gasteiger partial charge in [-0.25, -0.2) is 4.39 Å². The van der Waals surface area contributed by atoms with Crippen molar-refractivity contribution < 1.29 is 18.4 Å². The van der Waals surface area contributed by atoms with E-state index in [9.17, 15) is 14.0 Å². The van der Waals surface area contributed by atoms with Crippen LogP contribution in [0, 0.1) is 12.7 Å². The van der Waals surface area contributed by atoms with E-state index in [-0.39, 0.29) is 29.7 Å². The fourth-order valence-corrected chi connectivity index (χ4v) is 4.01. The smallest absolute Gasteiger partial charge is 0.289 e. The van der Waals surface area contributed by atoms with Crippen LogP contribution in [-0.2, 0) is 4.79 Å². The quantitative estimate of drug-likeness (QED) is 0.813. The summed E-state index contributed by atoms with van der Waals surface area (Å²) < 4.78 is 19.1. The van der Waals surface area contributed by atoms with Gasteiger partial charge in [0.25, 0.3) is 5.91 Å². The van der Waals surface area contributed by atoms with Gasteiger partial charge in [-0.05, 0) is 50.7 Å². The number of amides is 2. The number of anilines is 1. The van der Waals surface area contributed by atoms with E-state index in [0.717, 1.165) is 6.42 Å². The summed E-state index contributed by atoms with van der Waals surface area (Å²) in [6.07, 6.45) is 0.744. The lowest BCUT2D eigenvalue weighted by Gasteiger charge is -2.46. The summed E-state index contributed by atoms with van der Waals surface area (Å²) in [4.78, 5) is 30.7. The fraction of sp³-hybridized carbons (Fsp3) is 0.400. The minimum atomic E-state index is -0.371. The van der Waals surface area contributed by atoms with Gasteiger partial charge < -0.3 is 14.2 Å². The number of hydrogen-bond acceptors (Lipinski definition) is 4. The third-order valence-corrected chi connectivity index (χ3v) is 5.63. The first-order valence-corrected chi connectivity index (χ1v) is 9.01. The predicted molar refractivity (Wildman–Crippen MR) is 98.1 cm³/mol. The van der Waals surface area contributed by atoms with Crippen molar-refractivity contribution in [3.8, 4) is 0 Å². The zero-order valence-corrected chi connectivity index (χ0v) is 15.4. The lowest BCUT2D eigenvalue weighted by Crippen LogP contribution is -2.64. The molecule has 0 saturated carbocycles. The standard InChI is InChI=1S/C20H22FN3O3/c1-14-6-7-17(27-14)19(26)23-9-8-20(12-23)13-24(18(25)11-22(20)2)16-5-3-4-15(21)10-16/h3-7,10H,8-9,11-13H2,1-2H3. The van der Waals surface area contributed by atoms with Gasteiger partial charge in [0.05, 0.1) is 12.1 Å². The summed E-state index contributed by atoms with van der Waals surface area (Å²) in [6, 6.07) is 9.55. The van der Waals surface area contributed by atoms with Gasteiger partial charge >= 0.3 is 0 Å². The summed E-state index contributed by atoms with van der Waals surface area (Å²) in [6.45, 7) is 3.56. The molecule has 1 spiro atoms. The topological polar surface area (TPSA) is 57.0 Å². The highest BCUT2D eigenvalue weighted by Gasteiger charge is 2.49. The summed E-state index contributed by atoms with van der Waals surface area (Å²) in [5.74, 6) is 0.457. The number of hydrogen-bond donors (Lipinski definition) is 0. The fourth-order valence-electron chi connectivity index (χ4n) is 4.01. The van der Waals surface area contributed by atoms with Crippen molar-refractivity contribution in [2.24, 2.45) is 0 Å². The third-order valence-electron chi connectivity index (χ3n) is 5.63. The van der Waals surface area contributed by atoms with E-state index in [2.05, 4.69) is 0 Å². The number of rotatable bonds is 2. The molecule has 1 aromatic heterocycles. The Morgan fingerprint density at radius 2 is 2.04 bits per heavy atom. The van der Waals surface area contributed by atoms with Gasteiger partial charge in [-0.3, -0.25) is 14.5 Å². The van der Waals surface area contributed by atoms with E-state index in [1.165, 1.54) is 12.1 Å². The molecule has 2 fully saturated rings. The Labute approximate surface area is 157 Å². The van der Waals surface area contributed by atoms with Gasteiger partial charge in [0.1, 0.15) is 11.6 Å². The lowest BCUT2D eigenvalue weighted by atomic mass is 9.92. The second-order valence-corrected chi connectivity index (χ2v) is 7.43. The molecule has 1 atom stereocenters. The van der Waals surface area contributed by atoms with E-state index in [0.29, 0.717) is 36.8 Å². The molecule has 0 radical (unpaired) electrons. The average molecular weight is 371 g/mol. The van der Waals surface area contributed by atoms with Crippen LogP contribution < -0.4 is 4.90 Å². The Hall–Kier alpha value is -2.67. The molecule has 1 aromatic carbocycles. The molecular weight excluding hydrogens is 349 g/mol. The van der Waals surface area contributed by atoms with Crippen LogP contribution in [0.25, 0.3) is 0 Å². The zero-order chi connectivity index (χ0) is 19.2. The summed E-state index contributed by atoms with van der Waals surface area (Å²) in [5, 5.41) is 0. The molecule has 2 aromatic rings. The SMILES string of the molecule is Cc1ccc(C(=O)N2CCC3(C2)CN(c2cccc(F)c2)C(=O)CN3C)o1. The van der Waals surface area contributed by atoms with Crippen LogP contribution in [0.1, 0.15) is 22.7 Å². The molecule has 2 amide bonds. The summed E-state index contributed by atoms with van der Waals surface area (Å²) >= 11 is 0. The first-order valence-electron chi connectivity index (χ1n) is 9.01. The van der Waals surface area contributed by atoms with Gasteiger partial charge in [-0.15, -0.1) is 0 Å². The molecule has 0 N–H and O–H groups in total. The van der Waals surface area contributed by atoms with Crippen LogP contribution >= 0.6 is 0 Å². The van der Waals surface area contributed by atoms with Crippen LogP contribution in [0.15, 0.2) is 40.8 Å². The van der Waals surface area contributed by atoms with Crippen LogP contribution in [-0.4, -0.2) is 60.4 Å². The second-order valence-electron chi connectivity index (χ2n) is 7.43. The highest BCUT2D eigenvalue weighted by atomic mass is 19.1. The number of likely N-dealkylation sites (N-methyl/N-ethyl adjacent to an activating group) is 1. The second kappa shape index (κ2) is 6.49. The number of halogens is 1. The Balaban J connectivity index is 1.57. The maximum atomic E-state index is 13.6. The van der Waals surface area contributed by atoms with Gasteiger partial charge in [0.2, 0.25) is 5.91 Å². The van der Waals surface area contributed by atoms with E-state index >= 15 is 0 Å². The molecule has 1 unspecified atom stereocenters. The van der Waals surface area contributed by atoms with Crippen LogP contribution in [0.3, 0.4) is 0 Å². The Morgan fingerprint density at radius 3 is 2.74 bits per heavy atom. The highest BCUT2D eigenvalue weighted by molar-refractivity contribution is 5.96. The zero-order valence-electron chi connectivity index (χ0n) is 15.4. The summed E-state index contributed by atoms with van der Waals surface area (Å²) in [5.41, 5.74) is 0.205. The van der Waals surface area contributed by atoms with E-state index in [4.69, 9.17) is 4.42 Å². The van der Waals surface area contributed by atoms with Crippen LogP contribution in [0.4, 0.5) is 10.1 Å². The number of furan rings is 1. The van der Waals surface area contributed by atoms with Gasteiger partial charge in [0.15, 0.2) is 5.76 Å². The van der Waals surface area contributed by atoms with E-state index < -0.39 is 0 Å². The van der Waals surface area contributed by atoms with Crippen molar-refractivity contribution in [1.29, 1.82) is 0 Å². The molecule has 2 aliphatic heterocycles. The van der Waals surface area contributed by atoms with Crippen molar-refractivity contribution in [2.75, 3.05) is 38.1 Å². The minimum absolute atomic E-state index is 0.0693. The molecule has 4 rings (SSSR count). The van der Waals surface area contributed by atoms with Gasteiger partial charge in [-0.1, -0.05) is 6.07 Å². The molecular formula is C20H22FN3O3. The first kappa shape index (κ1) is 17.7. The molecule has 2 aliphatic rings. The largest absolute Gasteiger partial charge is 0.456 e. The van der Waals surface area contributed by atoms with Crippen molar-refractivity contribution >= 4 is 17.5 Å². The molecule has 0 bridgehead atoms. The number of nitrogens with zero attached hydrogens (tertiary/aromatic N) is 3. The number of likely N-dealkylation sites (tertiary alicyclic amines) is 1. The molecule has 2 saturated heterocycles. The first-order chi connectivity index (χ1) is 12.9. The Kier molecular flexibility index (Phi) is 4.26. The number of aryl methyl sites for hydroxylation is 1. The van der Waals surface area contributed by atoms with Gasteiger partial charge in [0, 0.05) is 25.3 Å². The van der Waals surface area contributed by atoms with Crippen molar-refractivity contribution in [3.63, 3.8) is 0 Å². The third kappa shape index (κ3) is 3.12. The maximum absolute atomic E-state index is 13.6. The molecule has 7 heteroatoms. The molecule has 3 heterocycles. The maximum Gasteiger partial charge on any atom is 0.289 e. The van der Waals surface area contributed by atoms with E-state index in [1.54, 1.807) is 41.0 Å². The van der Waals surface area contributed by atoms with Crippen molar-refractivity contribution in [3.05, 3.63) is 53.7 Å². The van der Waals surface area contributed by atoms with Crippen molar-refractivity contribution in [1.82, 2.24) is 9.80 Å². The highest BCUT2D eigenvalue weighted by Crippen LogP contribution is 2.34. The average Bonchev–Trinajstić information content (AvgIpc) is 3.25. The number of piperazine rings is 1. The Bertz CT molecular complexity index is 896. The molecule has 142 valence electrons. The van der Waals surface area contributed by atoms with E-state index in [1.807, 2.05) is 11.9 Å². The predicted octanol–water partition coefficient (Wildman–Crippen LogP) is 2.29. The molecule has 6 nitrogen and oxygen atoms in total. The summed E-state index contributed by atoms with van der Waals surface area (Å²) in [7, 11) is 1.91.